The normalized spacial score (nSPS) is 10.8. The maximum absolute atomic E-state index is 4.57. The van der Waals surface area contributed by atoms with Crippen molar-refractivity contribution < 1.29 is 0 Å². The van der Waals surface area contributed by atoms with Crippen LogP contribution in [0.15, 0.2) is 39.5 Å². The Morgan fingerprint density at radius 1 is 1.05 bits per heavy atom. The van der Waals surface area contributed by atoms with E-state index in [0.29, 0.717) is 0 Å². The van der Waals surface area contributed by atoms with Crippen LogP contribution < -0.4 is 0 Å². The predicted octanol–water partition coefficient (Wildman–Crippen LogP) is 5.79. The zero-order chi connectivity index (χ0) is 14.4. The van der Waals surface area contributed by atoms with Crippen molar-refractivity contribution in [2.75, 3.05) is 0 Å². The topological polar surface area (TPSA) is 25.8 Å². The number of hydrogen-bond donors (Lipinski definition) is 0. The molecule has 0 N–H and O–H groups in total. The van der Waals surface area contributed by atoms with E-state index >= 15 is 0 Å². The van der Waals surface area contributed by atoms with E-state index in [0.717, 1.165) is 26.8 Å². The minimum Gasteiger partial charge on any atom is -0.255 e. The van der Waals surface area contributed by atoms with Gasteiger partial charge in [0, 0.05) is 16.9 Å². The van der Waals surface area contributed by atoms with Crippen LogP contribution in [-0.4, -0.2) is 9.97 Å². The van der Waals surface area contributed by atoms with Gasteiger partial charge in [0.2, 0.25) is 0 Å². The van der Waals surface area contributed by atoms with Gasteiger partial charge in [-0.25, -0.2) is 0 Å². The van der Waals surface area contributed by atoms with E-state index in [9.17, 15) is 0 Å². The molecular weight excluding hydrogens is 380 g/mol. The molecule has 0 bridgehead atoms. The lowest BCUT2D eigenvalue weighted by Crippen LogP contribution is -1.98. The van der Waals surface area contributed by atoms with Crippen molar-refractivity contribution in [2.45, 2.75) is 39.0 Å². The Bertz CT molecular complexity index is 556. The first-order chi connectivity index (χ1) is 9.74. The lowest BCUT2D eigenvalue weighted by Gasteiger charge is -2.11. The lowest BCUT2D eigenvalue weighted by molar-refractivity contribution is 0.665. The molecule has 2 rings (SSSR count). The zero-order valence-corrected chi connectivity index (χ0v) is 14.7. The molecule has 0 fully saturated rings. The Morgan fingerprint density at radius 2 is 1.90 bits per heavy atom. The molecule has 106 valence electrons. The molecule has 0 radical (unpaired) electrons. The Balaban J connectivity index is 2.29. The average Bonchev–Trinajstić information content (AvgIpc) is 2.48. The molecule has 0 aromatic carbocycles. The van der Waals surface area contributed by atoms with Crippen LogP contribution in [0.2, 0.25) is 0 Å². The monoisotopic (exact) mass is 396 g/mol. The van der Waals surface area contributed by atoms with E-state index in [2.05, 4.69) is 48.8 Å². The first kappa shape index (κ1) is 15.6. The fourth-order valence-electron chi connectivity index (χ4n) is 2.18. The van der Waals surface area contributed by atoms with Gasteiger partial charge >= 0.3 is 0 Å². The number of halogens is 2. The van der Waals surface area contributed by atoms with Crippen molar-refractivity contribution in [2.24, 2.45) is 0 Å². The van der Waals surface area contributed by atoms with E-state index in [1.165, 1.54) is 31.2 Å². The van der Waals surface area contributed by atoms with Crippen molar-refractivity contribution in [1.82, 2.24) is 9.97 Å². The van der Waals surface area contributed by atoms with Gasteiger partial charge in [-0.15, -0.1) is 0 Å². The number of aromatic nitrogens is 2. The van der Waals surface area contributed by atoms with Crippen LogP contribution in [0, 0.1) is 0 Å². The van der Waals surface area contributed by atoms with Crippen LogP contribution in [0.1, 0.15) is 38.2 Å². The number of unbranched alkanes of at least 4 members (excludes halogenated alkanes) is 3. The van der Waals surface area contributed by atoms with Gasteiger partial charge in [0.05, 0.1) is 15.9 Å². The van der Waals surface area contributed by atoms with E-state index in [1.54, 1.807) is 0 Å². The quantitative estimate of drug-likeness (QED) is 0.576. The van der Waals surface area contributed by atoms with Gasteiger partial charge in [-0.1, -0.05) is 32.3 Å². The summed E-state index contributed by atoms with van der Waals surface area (Å²) in [7, 11) is 0. The SMILES string of the molecule is CCCCCCc1c(-c2ccccn2)ncc(Br)c1Br. The molecule has 0 atom stereocenters. The minimum absolute atomic E-state index is 0.936. The summed E-state index contributed by atoms with van der Waals surface area (Å²) in [6, 6.07) is 5.94. The Kier molecular flexibility index (Phi) is 6.17. The van der Waals surface area contributed by atoms with Crippen LogP contribution in [0.5, 0.6) is 0 Å². The Morgan fingerprint density at radius 3 is 2.60 bits per heavy atom. The van der Waals surface area contributed by atoms with Crippen LogP contribution in [0.25, 0.3) is 11.4 Å². The summed E-state index contributed by atoms with van der Waals surface area (Å²) in [5, 5.41) is 0. The van der Waals surface area contributed by atoms with Gasteiger partial charge in [0.1, 0.15) is 0 Å². The number of nitrogens with zero attached hydrogens (tertiary/aromatic N) is 2. The molecule has 2 aromatic rings. The largest absolute Gasteiger partial charge is 0.255 e. The third-order valence-electron chi connectivity index (χ3n) is 3.26. The zero-order valence-electron chi connectivity index (χ0n) is 11.6. The molecule has 4 heteroatoms. The molecule has 0 unspecified atom stereocenters. The first-order valence-corrected chi connectivity index (χ1v) is 8.57. The van der Waals surface area contributed by atoms with Crippen molar-refractivity contribution in [3.63, 3.8) is 0 Å². The Hall–Kier alpha value is -0.740. The fourth-order valence-corrected chi connectivity index (χ4v) is 3.01. The first-order valence-electron chi connectivity index (χ1n) is 6.98. The highest BCUT2D eigenvalue weighted by atomic mass is 79.9. The number of rotatable bonds is 6. The minimum atomic E-state index is 0.936. The van der Waals surface area contributed by atoms with Crippen molar-refractivity contribution >= 4 is 31.9 Å². The van der Waals surface area contributed by atoms with Crippen molar-refractivity contribution in [3.05, 3.63) is 45.1 Å². The molecule has 0 saturated carbocycles. The third kappa shape index (κ3) is 3.89. The van der Waals surface area contributed by atoms with Crippen LogP contribution >= 0.6 is 31.9 Å². The summed E-state index contributed by atoms with van der Waals surface area (Å²) in [5.41, 5.74) is 3.16. The Labute approximate surface area is 137 Å². The highest BCUT2D eigenvalue weighted by molar-refractivity contribution is 9.13. The lowest BCUT2D eigenvalue weighted by atomic mass is 10.0. The second-order valence-electron chi connectivity index (χ2n) is 4.77. The summed E-state index contributed by atoms with van der Waals surface area (Å²) in [5.74, 6) is 0. The van der Waals surface area contributed by atoms with Crippen molar-refractivity contribution in [3.8, 4) is 11.4 Å². The molecule has 0 aliphatic rings. The molecule has 0 aliphatic heterocycles. The van der Waals surface area contributed by atoms with Crippen LogP contribution in [-0.2, 0) is 6.42 Å². The van der Waals surface area contributed by atoms with Crippen molar-refractivity contribution in [1.29, 1.82) is 0 Å². The van der Waals surface area contributed by atoms with Crippen LogP contribution in [0.3, 0.4) is 0 Å². The molecule has 0 aliphatic carbocycles. The third-order valence-corrected chi connectivity index (χ3v) is 5.29. The molecule has 0 spiro atoms. The maximum Gasteiger partial charge on any atom is 0.0930 e. The molecule has 0 amide bonds. The van der Waals surface area contributed by atoms with Gasteiger partial charge in [-0.05, 0) is 62.4 Å². The summed E-state index contributed by atoms with van der Waals surface area (Å²) in [6.07, 6.45) is 9.67. The van der Waals surface area contributed by atoms with Gasteiger partial charge in [0.25, 0.3) is 0 Å². The summed E-state index contributed by atoms with van der Waals surface area (Å²) in [6.45, 7) is 2.23. The second kappa shape index (κ2) is 7.89. The molecule has 2 nitrogen and oxygen atoms in total. The van der Waals surface area contributed by atoms with Gasteiger partial charge in [0.15, 0.2) is 0 Å². The smallest absolute Gasteiger partial charge is 0.0930 e. The van der Waals surface area contributed by atoms with Gasteiger partial charge < -0.3 is 0 Å². The van der Waals surface area contributed by atoms with Gasteiger partial charge in [-0.2, -0.15) is 0 Å². The maximum atomic E-state index is 4.57. The summed E-state index contributed by atoms with van der Waals surface area (Å²) < 4.78 is 2.10. The molecule has 0 saturated heterocycles. The number of pyridine rings is 2. The highest BCUT2D eigenvalue weighted by Gasteiger charge is 2.13. The molecule has 2 heterocycles. The van der Waals surface area contributed by atoms with Crippen LogP contribution in [0.4, 0.5) is 0 Å². The predicted molar refractivity (Wildman–Crippen MR) is 90.7 cm³/mol. The van der Waals surface area contributed by atoms with E-state index in [-0.39, 0.29) is 0 Å². The number of hydrogen-bond acceptors (Lipinski definition) is 2. The second-order valence-corrected chi connectivity index (χ2v) is 6.42. The average molecular weight is 398 g/mol. The van der Waals surface area contributed by atoms with E-state index in [4.69, 9.17) is 0 Å². The standard InChI is InChI=1S/C16H18Br2N2/c1-2-3-4-5-8-12-15(18)13(17)11-20-16(12)14-9-6-7-10-19-14/h6-7,9-11H,2-5,8H2,1H3. The highest BCUT2D eigenvalue weighted by Crippen LogP contribution is 2.33. The molecular formula is C16H18Br2N2. The van der Waals surface area contributed by atoms with E-state index in [1.807, 2.05) is 30.6 Å². The van der Waals surface area contributed by atoms with E-state index < -0.39 is 0 Å². The van der Waals surface area contributed by atoms with Gasteiger partial charge in [-0.3, -0.25) is 9.97 Å². The fraction of sp³-hybridized carbons (Fsp3) is 0.375. The molecule has 20 heavy (non-hydrogen) atoms. The molecule has 2 aromatic heterocycles. The summed E-state index contributed by atoms with van der Waals surface area (Å²) >= 11 is 7.23. The summed E-state index contributed by atoms with van der Waals surface area (Å²) in [4.78, 5) is 9.00.